The van der Waals surface area contributed by atoms with Gasteiger partial charge in [-0.25, -0.2) is 0 Å². The summed E-state index contributed by atoms with van der Waals surface area (Å²) in [5.74, 6) is 2.29. The van der Waals surface area contributed by atoms with Crippen molar-refractivity contribution in [3.63, 3.8) is 0 Å². The summed E-state index contributed by atoms with van der Waals surface area (Å²) < 4.78 is 0. The second kappa shape index (κ2) is 11.3. The Morgan fingerprint density at radius 3 is 2.67 bits per heavy atom. The molecule has 12 heavy (non-hydrogen) atoms. The quantitative estimate of drug-likeness (QED) is 0.541. The SMILES string of the molecule is CCCCCNCCSCCN. The monoisotopic (exact) mass is 190 g/mol. The predicted octanol–water partition coefficient (Wildman–Crippen LogP) is 1.46. The highest BCUT2D eigenvalue weighted by Crippen LogP contribution is 1.95. The molecule has 0 unspecified atom stereocenters. The molecule has 0 saturated heterocycles. The fraction of sp³-hybridized carbons (Fsp3) is 1.00. The van der Waals surface area contributed by atoms with E-state index < -0.39 is 0 Å². The van der Waals surface area contributed by atoms with E-state index in [0.29, 0.717) is 0 Å². The van der Waals surface area contributed by atoms with Crippen LogP contribution in [0.5, 0.6) is 0 Å². The summed E-state index contributed by atoms with van der Waals surface area (Å²) in [4.78, 5) is 0. The molecule has 0 aliphatic heterocycles. The standard InChI is InChI=1S/C9H22N2S/c1-2-3-4-6-11-7-9-12-8-5-10/h11H,2-10H2,1H3. The Kier molecular flexibility index (Phi) is 11.5. The molecule has 0 bridgehead atoms. The molecule has 2 nitrogen and oxygen atoms in total. The van der Waals surface area contributed by atoms with Crippen LogP contribution in [-0.2, 0) is 0 Å². The van der Waals surface area contributed by atoms with Gasteiger partial charge in [-0.05, 0) is 13.0 Å². The van der Waals surface area contributed by atoms with Gasteiger partial charge in [-0.3, -0.25) is 0 Å². The first-order valence-electron chi connectivity index (χ1n) is 4.90. The predicted molar refractivity (Wildman–Crippen MR) is 58.8 cm³/mol. The van der Waals surface area contributed by atoms with Gasteiger partial charge in [-0.2, -0.15) is 11.8 Å². The van der Waals surface area contributed by atoms with E-state index in [4.69, 9.17) is 5.73 Å². The lowest BCUT2D eigenvalue weighted by Crippen LogP contribution is -2.18. The number of nitrogens with one attached hydrogen (secondary N) is 1. The van der Waals surface area contributed by atoms with Crippen molar-refractivity contribution in [2.24, 2.45) is 5.73 Å². The van der Waals surface area contributed by atoms with Crippen molar-refractivity contribution < 1.29 is 0 Å². The maximum Gasteiger partial charge on any atom is 0.00585 e. The van der Waals surface area contributed by atoms with E-state index in [0.717, 1.165) is 18.8 Å². The van der Waals surface area contributed by atoms with Gasteiger partial charge in [-0.15, -0.1) is 0 Å². The van der Waals surface area contributed by atoms with Crippen LogP contribution in [0.1, 0.15) is 26.2 Å². The molecule has 0 spiro atoms. The molecule has 0 aromatic carbocycles. The molecule has 3 heteroatoms. The van der Waals surface area contributed by atoms with Gasteiger partial charge in [0.1, 0.15) is 0 Å². The number of unbranched alkanes of at least 4 members (excludes halogenated alkanes) is 2. The maximum absolute atomic E-state index is 5.37. The van der Waals surface area contributed by atoms with Gasteiger partial charge in [0.25, 0.3) is 0 Å². The normalized spacial score (nSPS) is 10.5. The summed E-state index contributed by atoms with van der Waals surface area (Å²) in [5, 5.41) is 3.42. The van der Waals surface area contributed by atoms with E-state index in [1.165, 1.54) is 31.6 Å². The van der Waals surface area contributed by atoms with Crippen molar-refractivity contribution in [2.45, 2.75) is 26.2 Å². The van der Waals surface area contributed by atoms with Crippen molar-refractivity contribution in [3.05, 3.63) is 0 Å². The van der Waals surface area contributed by atoms with Crippen molar-refractivity contribution in [1.29, 1.82) is 0 Å². The Hall–Kier alpha value is 0.270. The largest absolute Gasteiger partial charge is 0.330 e. The van der Waals surface area contributed by atoms with Crippen LogP contribution in [0.3, 0.4) is 0 Å². The Balaban J connectivity index is 2.73. The fourth-order valence-corrected chi connectivity index (χ4v) is 1.61. The molecule has 0 saturated carbocycles. The molecule has 3 N–H and O–H groups in total. The van der Waals surface area contributed by atoms with E-state index >= 15 is 0 Å². The lowest BCUT2D eigenvalue weighted by molar-refractivity contribution is 0.636. The molecular weight excluding hydrogens is 168 g/mol. The summed E-state index contributed by atoms with van der Waals surface area (Å²) in [5.41, 5.74) is 5.37. The minimum absolute atomic E-state index is 0.806. The molecule has 74 valence electrons. The zero-order valence-electron chi connectivity index (χ0n) is 8.14. The van der Waals surface area contributed by atoms with Crippen LogP contribution in [0.15, 0.2) is 0 Å². The fourth-order valence-electron chi connectivity index (χ4n) is 0.955. The maximum atomic E-state index is 5.37. The summed E-state index contributed by atoms with van der Waals surface area (Å²) in [6.07, 6.45) is 3.98. The zero-order valence-corrected chi connectivity index (χ0v) is 8.96. The van der Waals surface area contributed by atoms with Crippen LogP contribution in [0, 0.1) is 0 Å². The van der Waals surface area contributed by atoms with Crippen LogP contribution in [0.4, 0.5) is 0 Å². The van der Waals surface area contributed by atoms with Gasteiger partial charge in [0.15, 0.2) is 0 Å². The third-order valence-corrected chi connectivity index (χ3v) is 2.66. The van der Waals surface area contributed by atoms with E-state index in [-0.39, 0.29) is 0 Å². The zero-order chi connectivity index (χ0) is 9.07. The van der Waals surface area contributed by atoms with Crippen molar-refractivity contribution in [3.8, 4) is 0 Å². The molecule has 0 aromatic heterocycles. The highest BCUT2D eigenvalue weighted by Gasteiger charge is 1.88. The Bertz CT molecular complexity index is 68.9. The molecular formula is C9H22N2S. The van der Waals surface area contributed by atoms with Crippen LogP contribution in [0.25, 0.3) is 0 Å². The van der Waals surface area contributed by atoms with Crippen LogP contribution in [-0.4, -0.2) is 31.1 Å². The topological polar surface area (TPSA) is 38.0 Å². The second-order valence-corrected chi connectivity index (χ2v) is 4.08. The van der Waals surface area contributed by atoms with Gasteiger partial charge < -0.3 is 11.1 Å². The Morgan fingerprint density at radius 1 is 1.17 bits per heavy atom. The van der Waals surface area contributed by atoms with Gasteiger partial charge in [-0.1, -0.05) is 19.8 Å². The van der Waals surface area contributed by atoms with Crippen LogP contribution in [0.2, 0.25) is 0 Å². The summed E-state index contributed by atoms with van der Waals surface area (Å²) >= 11 is 1.93. The number of thioether (sulfide) groups is 1. The van der Waals surface area contributed by atoms with E-state index in [9.17, 15) is 0 Å². The summed E-state index contributed by atoms with van der Waals surface area (Å²) in [6, 6.07) is 0. The minimum atomic E-state index is 0.806. The third-order valence-electron chi connectivity index (χ3n) is 1.64. The molecule has 0 amide bonds. The molecule has 0 aliphatic carbocycles. The summed E-state index contributed by atoms with van der Waals surface area (Å²) in [7, 11) is 0. The van der Waals surface area contributed by atoms with Crippen molar-refractivity contribution in [1.82, 2.24) is 5.32 Å². The first-order chi connectivity index (χ1) is 5.91. The van der Waals surface area contributed by atoms with Crippen molar-refractivity contribution >= 4 is 11.8 Å². The van der Waals surface area contributed by atoms with Gasteiger partial charge in [0.2, 0.25) is 0 Å². The number of rotatable bonds is 9. The van der Waals surface area contributed by atoms with Gasteiger partial charge in [0.05, 0.1) is 0 Å². The van der Waals surface area contributed by atoms with Crippen LogP contribution < -0.4 is 11.1 Å². The van der Waals surface area contributed by atoms with Crippen molar-refractivity contribution in [2.75, 3.05) is 31.1 Å². The number of hydrogen-bond donors (Lipinski definition) is 2. The molecule has 0 heterocycles. The van der Waals surface area contributed by atoms with Gasteiger partial charge >= 0.3 is 0 Å². The minimum Gasteiger partial charge on any atom is -0.330 e. The lowest BCUT2D eigenvalue weighted by atomic mass is 10.2. The van der Waals surface area contributed by atoms with E-state index in [2.05, 4.69) is 12.2 Å². The first-order valence-corrected chi connectivity index (χ1v) is 6.05. The van der Waals surface area contributed by atoms with E-state index in [1.54, 1.807) is 0 Å². The van der Waals surface area contributed by atoms with Gasteiger partial charge in [0, 0.05) is 24.6 Å². The molecule has 0 aliphatic rings. The van der Waals surface area contributed by atoms with Crippen LogP contribution >= 0.6 is 11.8 Å². The Labute approximate surface area is 80.7 Å². The molecule has 0 atom stereocenters. The van der Waals surface area contributed by atoms with E-state index in [1.807, 2.05) is 11.8 Å². The number of nitrogens with two attached hydrogens (primary N) is 1. The summed E-state index contributed by atoms with van der Waals surface area (Å²) in [6.45, 7) is 5.35. The molecule has 0 radical (unpaired) electrons. The highest BCUT2D eigenvalue weighted by molar-refractivity contribution is 7.99. The average molecular weight is 190 g/mol. The average Bonchev–Trinajstić information content (AvgIpc) is 2.10. The smallest absolute Gasteiger partial charge is 0.00585 e. The molecule has 0 fully saturated rings. The third kappa shape index (κ3) is 10.3. The second-order valence-electron chi connectivity index (χ2n) is 2.86. The number of hydrogen-bond acceptors (Lipinski definition) is 3. The first kappa shape index (κ1) is 12.3. The highest BCUT2D eigenvalue weighted by atomic mass is 32.2. The molecule has 0 aromatic rings. The Morgan fingerprint density at radius 2 is 2.00 bits per heavy atom. The lowest BCUT2D eigenvalue weighted by Gasteiger charge is -2.02. The molecule has 0 rings (SSSR count).